The Kier molecular flexibility index (Phi) is 4.44. The fourth-order valence-electron chi connectivity index (χ4n) is 3.20. The van der Waals surface area contributed by atoms with Gasteiger partial charge in [-0.2, -0.15) is 0 Å². The van der Waals surface area contributed by atoms with Crippen LogP contribution in [0.1, 0.15) is 17.5 Å². The van der Waals surface area contributed by atoms with Crippen molar-refractivity contribution in [2.45, 2.75) is 31.7 Å². The smallest absolute Gasteiger partial charge is 0.337 e. The summed E-state index contributed by atoms with van der Waals surface area (Å²) in [6.45, 7) is 0.175. The van der Waals surface area contributed by atoms with Gasteiger partial charge < -0.3 is 9.47 Å². The molecule has 5 heteroatoms. The average Bonchev–Trinajstić information content (AvgIpc) is 2.98. The van der Waals surface area contributed by atoms with E-state index in [9.17, 15) is 9.59 Å². The number of ether oxygens (including phenoxy) is 2. The summed E-state index contributed by atoms with van der Waals surface area (Å²) in [6, 6.07) is 18.6. The van der Waals surface area contributed by atoms with Gasteiger partial charge in [-0.15, -0.1) is 0 Å². The summed E-state index contributed by atoms with van der Waals surface area (Å²) in [5.41, 5.74) is 2.02. The fraction of sp³-hybridized carbons (Fsp3) is 0.238. The number of hydrogen-bond acceptors (Lipinski definition) is 4. The maximum Gasteiger partial charge on any atom is 0.337 e. The van der Waals surface area contributed by atoms with E-state index in [-0.39, 0.29) is 18.7 Å². The Morgan fingerprint density at radius 1 is 1.08 bits per heavy atom. The molecule has 2 aromatic rings. The minimum Gasteiger partial charge on any atom is -0.472 e. The molecule has 1 amide bonds. The SMILES string of the molecule is O=C(OCc1ccccc1)[C@H]1/C(=C/Cc2ccccc2)O[C@@H]2CC(=O)N21. The second-order valence-corrected chi connectivity index (χ2v) is 6.37. The zero-order valence-electron chi connectivity index (χ0n) is 14.2. The third-order valence-corrected chi connectivity index (χ3v) is 4.60. The Bertz CT molecular complexity index is 832. The number of fused-ring (bicyclic) bond motifs is 1. The third-order valence-electron chi connectivity index (χ3n) is 4.60. The van der Waals surface area contributed by atoms with E-state index >= 15 is 0 Å². The van der Waals surface area contributed by atoms with E-state index in [0.717, 1.165) is 11.1 Å². The number of β-lactam (4-membered cyclic amide) rings is 1. The largest absolute Gasteiger partial charge is 0.472 e. The number of amides is 1. The van der Waals surface area contributed by atoms with Gasteiger partial charge in [-0.1, -0.05) is 60.7 Å². The summed E-state index contributed by atoms with van der Waals surface area (Å²) in [6.07, 6.45) is 2.47. The molecule has 0 unspecified atom stereocenters. The number of allylic oxidation sites excluding steroid dienone is 1. The Morgan fingerprint density at radius 2 is 1.73 bits per heavy atom. The summed E-state index contributed by atoms with van der Waals surface area (Å²) < 4.78 is 11.2. The van der Waals surface area contributed by atoms with Crippen LogP contribution in [0.4, 0.5) is 0 Å². The molecule has 0 aromatic heterocycles. The van der Waals surface area contributed by atoms with Crippen LogP contribution in [0.25, 0.3) is 0 Å². The molecule has 4 rings (SSSR count). The highest BCUT2D eigenvalue weighted by Gasteiger charge is 2.54. The van der Waals surface area contributed by atoms with Crippen molar-refractivity contribution in [2.75, 3.05) is 0 Å². The number of rotatable bonds is 5. The summed E-state index contributed by atoms with van der Waals surface area (Å²) >= 11 is 0. The van der Waals surface area contributed by atoms with E-state index < -0.39 is 12.0 Å². The van der Waals surface area contributed by atoms with Gasteiger partial charge in [-0.25, -0.2) is 4.79 Å². The monoisotopic (exact) mass is 349 g/mol. The molecule has 0 aliphatic carbocycles. The number of carbonyl (C=O) groups excluding carboxylic acids is 2. The van der Waals surface area contributed by atoms with Crippen molar-refractivity contribution in [3.05, 3.63) is 83.6 Å². The molecule has 2 fully saturated rings. The first-order valence-electron chi connectivity index (χ1n) is 8.65. The zero-order chi connectivity index (χ0) is 17.9. The van der Waals surface area contributed by atoms with Crippen LogP contribution in [0.2, 0.25) is 0 Å². The first-order chi connectivity index (χ1) is 12.7. The first kappa shape index (κ1) is 16.4. The van der Waals surface area contributed by atoms with Crippen molar-refractivity contribution in [1.29, 1.82) is 0 Å². The van der Waals surface area contributed by atoms with Gasteiger partial charge in [-0.05, 0) is 23.6 Å². The molecule has 2 saturated heterocycles. The summed E-state index contributed by atoms with van der Waals surface area (Å²) in [5.74, 6) is -0.0359. The predicted octanol–water partition coefficient (Wildman–Crippen LogP) is 2.81. The standard InChI is InChI=1S/C21H19NO4/c23-18-13-19-22(18)20(21(24)25-14-16-9-5-2-6-10-16)17(26-19)12-11-15-7-3-1-4-8-15/h1-10,12,19-20H,11,13-14H2/b17-12-/t19-,20-/m1/s1. The van der Waals surface area contributed by atoms with E-state index in [1.807, 2.05) is 66.7 Å². The zero-order valence-corrected chi connectivity index (χ0v) is 14.2. The topological polar surface area (TPSA) is 55.8 Å². The van der Waals surface area contributed by atoms with Crippen molar-refractivity contribution in [3.63, 3.8) is 0 Å². The van der Waals surface area contributed by atoms with Crippen LogP contribution in [0.3, 0.4) is 0 Å². The lowest BCUT2D eigenvalue weighted by Crippen LogP contribution is -2.55. The quantitative estimate of drug-likeness (QED) is 0.615. The number of nitrogens with zero attached hydrogens (tertiary/aromatic N) is 1. The molecule has 2 heterocycles. The number of hydrogen-bond donors (Lipinski definition) is 0. The van der Waals surface area contributed by atoms with E-state index in [1.54, 1.807) is 0 Å². The minimum atomic E-state index is -0.784. The maximum atomic E-state index is 12.6. The third kappa shape index (κ3) is 3.20. The van der Waals surface area contributed by atoms with Crippen LogP contribution in [-0.4, -0.2) is 29.0 Å². The predicted molar refractivity (Wildman–Crippen MR) is 94.6 cm³/mol. The van der Waals surface area contributed by atoms with Gasteiger partial charge in [-0.3, -0.25) is 9.69 Å². The van der Waals surface area contributed by atoms with Gasteiger partial charge in [0.1, 0.15) is 12.4 Å². The van der Waals surface area contributed by atoms with Gasteiger partial charge in [0.25, 0.3) is 0 Å². The Balaban J connectivity index is 1.48. The molecule has 2 aliphatic rings. The van der Waals surface area contributed by atoms with Crippen LogP contribution in [0.15, 0.2) is 72.5 Å². The van der Waals surface area contributed by atoms with Crippen molar-refractivity contribution in [3.8, 4) is 0 Å². The van der Waals surface area contributed by atoms with E-state index in [2.05, 4.69) is 0 Å². The van der Waals surface area contributed by atoms with Gasteiger partial charge in [0.05, 0.1) is 6.42 Å². The van der Waals surface area contributed by atoms with Gasteiger partial charge in [0.15, 0.2) is 12.3 Å². The van der Waals surface area contributed by atoms with Crippen molar-refractivity contribution < 1.29 is 19.1 Å². The minimum absolute atomic E-state index is 0.0835. The molecule has 26 heavy (non-hydrogen) atoms. The highest BCUT2D eigenvalue weighted by molar-refractivity contribution is 5.91. The van der Waals surface area contributed by atoms with Crippen molar-refractivity contribution in [1.82, 2.24) is 4.90 Å². The Hall–Kier alpha value is -3.08. The highest BCUT2D eigenvalue weighted by Crippen LogP contribution is 2.37. The van der Waals surface area contributed by atoms with Gasteiger partial charge in [0, 0.05) is 0 Å². The van der Waals surface area contributed by atoms with E-state index in [4.69, 9.17) is 9.47 Å². The number of esters is 1. The number of carbonyl (C=O) groups is 2. The first-order valence-corrected chi connectivity index (χ1v) is 8.65. The molecule has 0 radical (unpaired) electrons. The second-order valence-electron chi connectivity index (χ2n) is 6.37. The Labute approximate surface area is 151 Å². The summed E-state index contributed by atoms with van der Waals surface area (Å²) in [5, 5.41) is 0. The molecule has 132 valence electrons. The molecular weight excluding hydrogens is 330 g/mol. The molecule has 0 bridgehead atoms. The van der Waals surface area contributed by atoms with Crippen LogP contribution in [0, 0.1) is 0 Å². The van der Waals surface area contributed by atoms with Crippen molar-refractivity contribution in [2.24, 2.45) is 0 Å². The van der Waals surface area contributed by atoms with Crippen LogP contribution >= 0.6 is 0 Å². The number of benzene rings is 2. The molecule has 0 spiro atoms. The molecule has 0 saturated carbocycles. The Morgan fingerprint density at radius 3 is 2.38 bits per heavy atom. The maximum absolute atomic E-state index is 12.6. The molecule has 2 aromatic carbocycles. The van der Waals surface area contributed by atoms with E-state index in [1.165, 1.54) is 4.90 Å². The molecular formula is C21H19NO4. The lowest BCUT2D eigenvalue weighted by molar-refractivity contribution is -0.166. The normalized spacial score (nSPS) is 22.5. The van der Waals surface area contributed by atoms with Crippen LogP contribution in [-0.2, 0) is 32.1 Å². The summed E-state index contributed by atoms with van der Waals surface area (Å²) in [4.78, 5) is 26.0. The lowest BCUT2D eigenvalue weighted by atomic mass is 10.1. The second kappa shape index (κ2) is 7.04. The molecule has 2 atom stereocenters. The highest BCUT2D eigenvalue weighted by atomic mass is 16.6. The lowest BCUT2D eigenvalue weighted by Gasteiger charge is -2.33. The van der Waals surface area contributed by atoms with Crippen LogP contribution in [0.5, 0.6) is 0 Å². The molecule has 0 N–H and O–H groups in total. The summed E-state index contributed by atoms with van der Waals surface area (Å²) in [7, 11) is 0. The van der Waals surface area contributed by atoms with E-state index in [0.29, 0.717) is 18.6 Å². The molecule has 2 aliphatic heterocycles. The van der Waals surface area contributed by atoms with Crippen molar-refractivity contribution >= 4 is 11.9 Å². The molecule has 5 nitrogen and oxygen atoms in total. The average molecular weight is 349 g/mol. The van der Waals surface area contributed by atoms with Gasteiger partial charge >= 0.3 is 5.97 Å². The van der Waals surface area contributed by atoms with Gasteiger partial charge in [0.2, 0.25) is 5.91 Å². The van der Waals surface area contributed by atoms with Crippen LogP contribution < -0.4 is 0 Å². The fourth-order valence-corrected chi connectivity index (χ4v) is 3.20.